The van der Waals surface area contributed by atoms with Crippen LogP contribution in [0.1, 0.15) is 80.1 Å². The van der Waals surface area contributed by atoms with Crippen LogP contribution in [-0.4, -0.2) is 5.78 Å². The first-order valence-corrected chi connectivity index (χ1v) is 8.31. The third-order valence-electron chi connectivity index (χ3n) is 3.18. The van der Waals surface area contributed by atoms with Crippen LogP contribution in [0, 0.1) is 11.8 Å². The van der Waals surface area contributed by atoms with E-state index in [9.17, 15) is 4.79 Å². The molecule has 0 atom stereocenters. The molecule has 116 valence electrons. The largest absolute Gasteiger partial charge is 0.290 e. The average molecular weight is 278 g/mol. The molecule has 0 amide bonds. The van der Waals surface area contributed by atoms with E-state index in [1.165, 1.54) is 11.1 Å². The molecule has 0 unspecified atom stereocenters. The first kappa shape index (κ1) is 19.1. The number of carbonyl (C=O) groups is 1. The highest BCUT2D eigenvalue weighted by Gasteiger charge is 2.06. The van der Waals surface area contributed by atoms with E-state index in [0.29, 0.717) is 11.8 Å². The molecular formula is C19H34O. The fraction of sp³-hybridized carbons (Fsp3) is 0.737. The summed E-state index contributed by atoms with van der Waals surface area (Å²) >= 11 is 0. The average Bonchev–Trinajstić information content (AvgIpc) is 2.27. The molecule has 0 spiro atoms. The molecule has 0 aromatic heterocycles. The van der Waals surface area contributed by atoms with Crippen LogP contribution in [-0.2, 0) is 4.79 Å². The van der Waals surface area contributed by atoms with E-state index in [4.69, 9.17) is 0 Å². The summed E-state index contributed by atoms with van der Waals surface area (Å²) in [4.78, 5) is 12.2. The first-order chi connectivity index (χ1) is 9.38. The molecule has 0 N–H and O–H groups in total. The lowest BCUT2D eigenvalue weighted by atomic mass is 9.95. The third-order valence-corrected chi connectivity index (χ3v) is 3.18. The number of allylic oxidation sites excluding steroid dienone is 4. The molecule has 0 saturated heterocycles. The lowest BCUT2D eigenvalue weighted by molar-refractivity contribution is -0.110. The van der Waals surface area contributed by atoms with Gasteiger partial charge in [0.1, 0.15) is 0 Å². The molecule has 0 radical (unpaired) electrons. The second kappa shape index (κ2) is 10.9. The van der Waals surface area contributed by atoms with Gasteiger partial charge in [-0.3, -0.25) is 4.79 Å². The molecule has 0 aliphatic heterocycles. The predicted molar refractivity (Wildman–Crippen MR) is 89.9 cm³/mol. The van der Waals surface area contributed by atoms with Crippen molar-refractivity contribution in [3.63, 3.8) is 0 Å². The molecule has 0 heterocycles. The summed E-state index contributed by atoms with van der Waals surface area (Å²) in [7, 11) is 0. The molecule has 1 heteroatoms. The lowest BCUT2D eigenvalue weighted by Crippen LogP contribution is -1.99. The molecule has 0 fully saturated rings. The van der Waals surface area contributed by atoms with Crippen molar-refractivity contribution >= 4 is 5.78 Å². The van der Waals surface area contributed by atoms with Crippen molar-refractivity contribution in [2.75, 3.05) is 0 Å². The van der Waals surface area contributed by atoms with E-state index in [2.05, 4.69) is 41.5 Å². The van der Waals surface area contributed by atoms with Gasteiger partial charge in [-0.2, -0.15) is 0 Å². The smallest absolute Gasteiger partial charge is 0.178 e. The van der Waals surface area contributed by atoms with Crippen molar-refractivity contribution in [2.24, 2.45) is 11.8 Å². The zero-order valence-corrected chi connectivity index (χ0v) is 14.5. The zero-order chi connectivity index (χ0) is 15.5. The van der Waals surface area contributed by atoms with Gasteiger partial charge in [0.2, 0.25) is 0 Å². The molecule has 0 aromatic carbocycles. The lowest BCUT2D eigenvalue weighted by Gasteiger charge is -2.10. The Balaban J connectivity index is 4.88. The summed E-state index contributed by atoms with van der Waals surface area (Å²) < 4.78 is 0. The van der Waals surface area contributed by atoms with Crippen LogP contribution >= 0.6 is 0 Å². The van der Waals surface area contributed by atoms with Gasteiger partial charge in [0.25, 0.3) is 0 Å². The van der Waals surface area contributed by atoms with Crippen molar-refractivity contribution in [3.05, 3.63) is 23.3 Å². The van der Waals surface area contributed by atoms with E-state index in [0.717, 1.165) is 38.5 Å². The maximum atomic E-state index is 12.2. The number of carbonyl (C=O) groups excluding carboxylic acids is 1. The maximum Gasteiger partial charge on any atom is 0.178 e. The van der Waals surface area contributed by atoms with Crippen LogP contribution in [0.25, 0.3) is 0 Å². The summed E-state index contributed by atoms with van der Waals surface area (Å²) in [6, 6.07) is 0. The number of rotatable bonds is 10. The minimum absolute atomic E-state index is 0.193. The van der Waals surface area contributed by atoms with Gasteiger partial charge in [-0.1, -0.05) is 65.5 Å². The highest BCUT2D eigenvalue weighted by molar-refractivity contribution is 6.00. The maximum absolute atomic E-state index is 12.2. The molecule has 0 rings (SSSR count). The second-order valence-corrected chi connectivity index (χ2v) is 6.70. The molecular weight excluding hydrogens is 244 g/mol. The van der Waals surface area contributed by atoms with E-state index in [1.807, 2.05) is 12.2 Å². The number of hydrogen-bond donors (Lipinski definition) is 0. The zero-order valence-electron chi connectivity index (χ0n) is 14.5. The Morgan fingerprint density at radius 2 is 1.15 bits per heavy atom. The van der Waals surface area contributed by atoms with Crippen LogP contribution in [0.2, 0.25) is 0 Å². The van der Waals surface area contributed by atoms with Gasteiger partial charge in [0, 0.05) is 0 Å². The number of hydrogen-bond acceptors (Lipinski definition) is 1. The van der Waals surface area contributed by atoms with Crippen LogP contribution in [0.5, 0.6) is 0 Å². The molecule has 0 aromatic rings. The van der Waals surface area contributed by atoms with Gasteiger partial charge in [-0.25, -0.2) is 0 Å². The standard InChI is InChI=1S/C19H34O/c1-7-9-17(11-15(3)4)13-19(20)14-18(10-8-2)12-16(5)6/h13-16H,7-12H2,1-6H3. The Labute approximate surface area is 126 Å². The van der Waals surface area contributed by atoms with E-state index in [1.54, 1.807) is 0 Å². The normalized spacial score (nSPS) is 13.4. The fourth-order valence-electron chi connectivity index (χ4n) is 2.60. The summed E-state index contributed by atoms with van der Waals surface area (Å²) in [5, 5.41) is 0. The van der Waals surface area contributed by atoms with Gasteiger partial charge in [0.05, 0.1) is 0 Å². The summed E-state index contributed by atoms with van der Waals surface area (Å²) in [6.45, 7) is 13.2. The predicted octanol–water partition coefficient (Wildman–Crippen LogP) is 6.10. The van der Waals surface area contributed by atoms with Crippen molar-refractivity contribution in [3.8, 4) is 0 Å². The van der Waals surface area contributed by atoms with Crippen LogP contribution in [0.3, 0.4) is 0 Å². The highest BCUT2D eigenvalue weighted by Crippen LogP contribution is 2.19. The SMILES string of the molecule is CCCC(=CC(=O)C=C(CCC)CC(C)C)CC(C)C. The minimum Gasteiger partial charge on any atom is -0.290 e. The van der Waals surface area contributed by atoms with Crippen molar-refractivity contribution in [2.45, 2.75) is 80.1 Å². The van der Waals surface area contributed by atoms with Crippen LogP contribution in [0.4, 0.5) is 0 Å². The third kappa shape index (κ3) is 10.00. The molecule has 0 aliphatic carbocycles. The Morgan fingerprint density at radius 1 is 0.800 bits per heavy atom. The highest BCUT2D eigenvalue weighted by atomic mass is 16.1. The molecule has 1 nitrogen and oxygen atoms in total. The second-order valence-electron chi connectivity index (χ2n) is 6.70. The van der Waals surface area contributed by atoms with Gasteiger partial charge in [0.15, 0.2) is 5.78 Å². The first-order valence-electron chi connectivity index (χ1n) is 8.31. The summed E-state index contributed by atoms with van der Waals surface area (Å²) in [5.41, 5.74) is 2.62. The van der Waals surface area contributed by atoms with Gasteiger partial charge >= 0.3 is 0 Å². The van der Waals surface area contributed by atoms with E-state index >= 15 is 0 Å². The van der Waals surface area contributed by atoms with Crippen LogP contribution < -0.4 is 0 Å². The fourth-order valence-corrected chi connectivity index (χ4v) is 2.60. The Hall–Kier alpha value is -0.850. The van der Waals surface area contributed by atoms with E-state index < -0.39 is 0 Å². The van der Waals surface area contributed by atoms with Gasteiger partial charge < -0.3 is 0 Å². The molecule has 0 aliphatic rings. The summed E-state index contributed by atoms with van der Waals surface area (Å²) in [6.07, 6.45) is 10.2. The topological polar surface area (TPSA) is 17.1 Å². The Bertz CT molecular complexity index is 300. The van der Waals surface area contributed by atoms with Crippen molar-refractivity contribution in [1.82, 2.24) is 0 Å². The molecule has 20 heavy (non-hydrogen) atoms. The van der Waals surface area contributed by atoms with Gasteiger partial charge in [-0.15, -0.1) is 0 Å². The van der Waals surface area contributed by atoms with Crippen molar-refractivity contribution in [1.29, 1.82) is 0 Å². The van der Waals surface area contributed by atoms with Crippen molar-refractivity contribution < 1.29 is 4.79 Å². The number of ketones is 1. The minimum atomic E-state index is 0.193. The van der Waals surface area contributed by atoms with E-state index in [-0.39, 0.29) is 5.78 Å². The van der Waals surface area contributed by atoms with Gasteiger partial charge in [-0.05, 0) is 49.7 Å². The van der Waals surface area contributed by atoms with Crippen LogP contribution in [0.15, 0.2) is 23.3 Å². The molecule has 0 saturated carbocycles. The quantitative estimate of drug-likeness (QED) is 0.441. The summed E-state index contributed by atoms with van der Waals surface area (Å²) in [5.74, 6) is 1.43. The Morgan fingerprint density at radius 3 is 1.40 bits per heavy atom. The monoisotopic (exact) mass is 278 g/mol. The molecule has 0 bridgehead atoms. The Kier molecular flexibility index (Phi) is 10.4.